The summed E-state index contributed by atoms with van der Waals surface area (Å²) in [5.74, 6) is 3.70. The summed E-state index contributed by atoms with van der Waals surface area (Å²) in [6, 6.07) is 3.91. The lowest BCUT2D eigenvalue weighted by molar-refractivity contribution is -0.166. The van der Waals surface area contributed by atoms with Crippen molar-refractivity contribution in [2.45, 2.75) is 64.4 Å². The zero-order valence-corrected chi connectivity index (χ0v) is 20.0. The molecule has 2 fully saturated rings. The van der Waals surface area contributed by atoms with Crippen LogP contribution >= 0.6 is 22.6 Å². The molecule has 1 aromatic carbocycles. The molecule has 5 heteroatoms. The highest BCUT2D eigenvalue weighted by Crippen LogP contribution is 2.58. The molecule has 0 radical (unpaired) electrons. The number of hydrogen-bond donors (Lipinski definition) is 0. The molecule has 4 atom stereocenters. The number of carbonyl (C=O) groups is 1. The highest BCUT2D eigenvalue weighted by molar-refractivity contribution is 14.1. The molecule has 4 unspecified atom stereocenters. The fraction of sp³-hybridized carbons (Fsp3) is 0.625. The summed E-state index contributed by atoms with van der Waals surface area (Å²) >= 11 is 2.23. The van der Waals surface area contributed by atoms with Gasteiger partial charge in [0.05, 0.1) is 17.3 Å². The first-order valence-corrected chi connectivity index (χ1v) is 11.9. The number of benzene rings is 1. The highest BCUT2D eigenvalue weighted by atomic mass is 127. The molecule has 0 spiro atoms. The minimum Gasteiger partial charge on any atom is -0.493 e. The summed E-state index contributed by atoms with van der Waals surface area (Å²) in [5.41, 5.74) is 0.748. The number of hydrogen-bond acceptors (Lipinski definition) is 4. The van der Waals surface area contributed by atoms with Crippen molar-refractivity contribution in [2.24, 2.45) is 17.8 Å². The van der Waals surface area contributed by atoms with Crippen LogP contribution in [0.3, 0.4) is 0 Å². The molecule has 160 valence electrons. The molecule has 0 N–H and O–H groups in total. The van der Waals surface area contributed by atoms with Crippen LogP contribution in [-0.4, -0.2) is 25.3 Å². The molecule has 2 saturated carbocycles. The summed E-state index contributed by atoms with van der Waals surface area (Å²) in [6.07, 6.45) is 8.33. The molecule has 2 aliphatic rings. The second-order valence-electron chi connectivity index (χ2n) is 8.44. The minimum absolute atomic E-state index is 0.0897. The third-order valence-electron chi connectivity index (χ3n) is 6.61. The normalized spacial score (nSPS) is 27.7. The Hall–Kier alpha value is -1.24. The molecule has 0 aliphatic heterocycles. The van der Waals surface area contributed by atoms with Crippen molar-refractivity contribution < 1.29 is 19.0 Å². The van der Waals surface area contributed by atoms with Crippen molar-refractivity contribution in [2.75, 3.05) is 13.7 Å². The van der Waals surface area contributed by atoms with Crippen LogP contribution in [0.15, 0.2) is 18.7 Å². The van der Waals surface area contributed by atoms with E-state index in [0.717, 1.165) is 51.9 Å². The van der Waals surface area contributed by atoms with Gasteiger partial charge in [-0.15, -0.1) is 0 Å². The van der Waals surface area contributed by atoms with Gasteiger partial charge in [0.1, 0.15) is 5.60 Å². The monoisotopic (exact) mass is 512 g/mol. The molecule has 0 amide bonds. The minimum atomic E-state index is -0.241. The maximum absolute atomic E-state index is 12.6. The van der Waals surface area contributed by atoms with Gasteiger partial charge in [-0.3, -0.25) is 4.79 Å². The van der Waals surface area contributed by atoms with Gasteiger partial charge in [-0.05, 0) is 90.1 Å². The first-order valence-electron chi connectivity index (χ1n) is 10.8. The van der Waals surface area contributed by atoms with Crippen LogP contribution in [0.25, 0.3) is 6.08 Å². The SMILES string of the molecule is C=Cc1cc(I)c(OCCCC(=O)OC2(CC)CC(CC)C3CC3C2)c(OC)c1. The van der Waals surface area contributed by atoms with E-state index in [1.54, 1.807) is 13.2 Å². The number of rotatable bonds is 10. The van der Waals surface area contributed by atoms with E-state index in [9.17, 15) is 4.79 Å². The van der Waals surface area contributed by atoms with Crippen molar-refractivity contribution in [1.82, 2.24) is 0 Å². The van der Waals surface area contributed by atoms with Crippen LogP contribution in [0.5, 0.6) is 11.5 Å². The van der Waals surface area contributed by atoms with E-state index in [-0.39, 0.29) is 11.6 Å². The van der Waals surface area contributed by atoms with E-state index in [0.29, 0.717) is 25.2 Å². The van der Waals surface area contributed by atoms with Crippen LogP contribution < -0.4 is 9.47 Å². The molecule has 29 heavy (non-hydrogen) atoms. The van der Waals surface area contributed by atoms with Gasteiger partial charge < -0.3 is 14.2 Å². The van der Waals surface area contributed by atoms with E-state index in [4.69, 9.17) is 14.2 Å². The molecule has 0 heterocycles. The van der Waals surface area contributed by atoms with Crippen LogP contribution in [0, 0.1) is 21.3 Å². The largest absolute Gasteiger partial charge is 0.493 e. The quantitative estimate of drug-likeness (QED) is 0.211. The predicted molar refractivity (Wildman–Crippen MR) is 124 cm³/mol. The zero-order valence-electron chi connectivity index (χ0n) is 17.8. The first kappa shape index (κ1) is 22.4. The standard InChI is InChI=1S/C24H33IO4/c1-5-16-11-20(25)23(21(12-16)27-4)28-10-8-9-22(26)29-24(7-3)14-17(6-2)19-13-18(19)15-24/h5,11-12,17-19H,1,6-10,13-15H2,2-4H3. The van der Waals surface area contributed by atoms with Gasteiger partial charge in [-0.1, -0.05) is 32.9 Å². The second kappa shape index (κ2) is 9.71. The van der Waals surface area contributed by atoms with Gasteiger partial charge >= 0.3 is 5.97 Å². The van der Waals surface area contributed by atoms with Crippen molar-refractivity contribution in [3.63, 3.8) is 0 Å². The lowest BCUT2D eigenvalue weighted by atomic mass is 9.75. The summed E-state index contributed by atoms with van der Waals surface area (Å²) in [6.45, 7) is 8.68. The fourth-order valence-corrected chi connectivity index (χ4v) is 5.63. The highest BCUT2D eigenvalue weighted by Gasteiger charge is 2.54. The Bertz CT molecular complexity index is 747. The lowest BCUT2D eigenvalue weighted by Gasteiger charge is -2.39. The van der Waals surface area contributed by atoms with Crippen LogP contribution in [0.1, 0.15) is 64.4 Å². The van der Waals surface area contributed by atoms with Crippen molar-refractivity contribution in [3.8, 4) is 11.5 Å². The zero-order chi connectivity index (χ0) is 21.0. The number of ether oxygens (including phenoxy) is 3. The fourth-order valence-electron chi connectivity index (χ4n) is 4.85. The summed E-state index contributed by atoms with van der Waals surface area (Å²) in [7, 11) is 1.63. The maximum atomic E-state index is 12.6. The summed E-state index contributed by atoms with van der Waals surface area (Å²) in [5, 5.41) is 0. The molecular formula is C24H33IO4. The van der Waals surface area contributed by atoms with Crippen LogP contribution in [0.4, 0.5) is 0 Å². The summed E-state index contributed by atoms with van der Waals surface area (Å²) in [4.78, 5) is 12.6. The van der Waals surface area contributed by atoms with Crippen LogP contribution in [0.2, 0.25) is 0 Å². The third kappa shape index (κ3) is 5.28. The number of fused-ring (bicyclic) bond motifs is 1. The first-order chi connectivity index (χ1) is 13.9. The molecule has 0 bridgehead atoms. The number of esters is 1. The van der Waals surface area contributed by atoms with Gasteiger partial charge in [-0.2, -0.15) is 0 Å². The molecule has 2 aliphatic carbocycles. The molecule has 0 saturated heterocycles. The van der Waals surface area contributed by atoms with E-state index in [2.05, 4.69) is 43.0 Å². The van der Waals surface area contributed by atoms with E-state index < -0.39 is 0 Å². The van der Waals surface area contributed by atoms with Gasteiger partial charge in [-0.25, -0.2) is 0 Å². The summed E-state index contributed by atoms with van der Waals surface area (Å²) < 4.78 is 18.4. The van der Waals surface area contributed by atoms with Crippen molar-refractivity contribution in [3.05, 3.63) is 27.8 Å². The molecule has 3 rings (SSSR count). The van der Waals surface area contributed by atoms with E-state index in [1.165, 1.54) is 12.8 Å². The van der Waals surface area contributed by atoms with Crippen molar-refractivity contribution >= 4 is 34.6 Å². The Morgan fingerprint density at radius 3 is 2.79 bits per heavy atom. The van der Waals surface area contributed by atoms with Crippen molar-refractivity contribution in [1.29, 1.82) is 0 Å². The average molecular weight is 512 g/mol. The Morgan fingerprint density at radius 2 is 2.14 bits per heavy atom. The topological polar surface area (TPSA) is 44.8 Å². The average Bonchev–Trinajstić information content (AvgIpc) is 3.50. The third-order valence-corrected chi connectivity index (χ3v) is 7.41. The number of carbonyl (C=O) groups excluding carboxylic acids is 1. The predicted octanol–water partition coefficient (Wildman–Crippen LogP) is 6.25. The molecule has 1 aromatic rings. The van der Waals surface area contributed by atoms with Gasteiger partial charge in [0.25, 0.3) is 0 Å². The smallest absolute Gasteiger partial charge is 0.306 e. The maximum Gasteiger partial charge on any atom is 0.306 e. The van der Waals surface area contributed by atoms with E-state index >= 15 is 0 Å². The second-order valence-corrected chi connectivity index (χ2v) is 9.60. The molecule has 0 aromatic heterocycles. The van der Waals surface area contributed by atoms with Crippen LogP contribution in [-0.2, 0) is 9.53 Å². The molecule has 4 nitrogen and oxygen atoms in total. The van der Waals surface area contributed by atoms with Gasteiger partial charge in [0, 0.05) is 6.42 Å². The number of halogens is 1. The Balaban J connectivity index is 1.50. The van der Waals surface area contributed by atoms with Gasteiger partial charge in [0.15, 0.2) is 11.5 Å². The Morgan fingerprint density at radius 1 is 1.34 bits per heavy atom. The van der Waals surface area contributed by atoms with E-state index in [1.807, 2.05) is 12.1 Å². The Kier molecular flexibility index (Phi) is 7.52. The number of methoxy groups -OCH3 is 1. The Labute approximate surface area is 188 Å². The van der Waals surface area contributed by atoms with Gasteiger partial charge in [0.2, 0.25) is 0 Å². The lowest BCUT2D eigenvalue weighted by Crippen LogP contribution is -2.40. The molecular weight excluding hydrogens is 479 g/mol.